The van der Waals surface area contributed by atoms with Crippen LogP contribution in [0.5, 0.6) is 0 Å². The van der Waals surface area contributed by atoms with Gasteiger partial charge in [-0.05, 0) is 49.4 Å². The maximum atomic E-state index is 12.6. The van der Waals surface area contributed by atoms with Crippen LogP contribution in [0.2, 0.25) is 0 Å². The molecule has 3 aliphatic carbocycles. The topological polar surface area (TPSA) is 67.2 Å². The molecule has 0 N–H and O–H groups in total. The highest BCUT2D eigenvalue weighted by molar-refractivity contribution is 6.02. The van der Waals surface area contributed by atoms with E-state index in [-0.39, 0.29) is 34.4 Å². The van der Waals surface area contributed by atoms with E-state index in [1.807, 2.05) is 13.0 Å². The Morgan fingerprint density at radius 1 is 1.43 bits per heavy atom. The van der Waals surface area contributed by atoms with Gasteiger partial charge >= 0.3 is 5.97 Å². The van der Waals surface area contributed by atoms with E-state index in [9.17, 15) is 14.9 Å². The average molecular weight is 382 g/mol. The van der Waals surface area contributed by atoms with Crippen molar-refractivity contribution in [3.05, 3.63) is 35.5 Å². The number of nitriles is 1. The van der Waals surface area contributed by atoms with Gasteiger partial charge in [0.1, 0.15) is 6.07 Å². The zero-order valence-corrected chi connectivity index (χ0v) is 17.5. The summed E-state index contributed by atoms with van der Waals surface area (Å²) in [6.07, 6.45) is 9.32. The molecule has 0 amide bonds. The predicted octanol–water partition coefficient (Wildman–Crippen LogP) is 4.92. The fourth-order valence-corrected chi connectivity index (χ4v) is 6.11. The Kier molecular flexibility index (Phi) is 5.40. The Labute approximate surface area is 168 Å². The Balaban J connectivity index is 1.97. The van der Waals surface area contributed by atoms with Gasteiger partial charge in [-0.3, -0.25) is 9.59 Å². The SMILES string of the molecule is C=C1C=C2C(C)(CCC3C(C)C(=O)C(C#N)=C[C@]23C)C(CCCC(=O)OC)C1. The summed E-state index contributed by atoms with van der Waals surface area (Å²) in [4.78, 5) is 24.1. The van der Waals surface area contributed by atoms with Crippen LogP contribution in [0.15, 0.2) is 35.5 Å². The minimum atomic E-state index is -0.296. The van der Waals surface area contributed by atoms with Gasteiger partial charge in [0.15, 0.2) is 5.78 Å². The highest BCUT2D eigenvalue weighted by Gasteiger charge is 2.56. The van der Waals surface area contributed by atoms with Crippen molar-refractivity contribution in [2.45, 2.75) is 59.3 Å². The number of hydrogen-bond acceptors (Lipinski definition) is 4. The van der Waals surface area contributed by atoms with Crippen LogP contribution in [-0.2, 0) is 14.3 Å². The van der Waals surface area contributed by atoms with Crippen molar-refractivity contribution in [2.24, 2.45) is 28.6 Å². The highest BCUT2D eigenvalue weighted by atomic mass is 16.5. The first kappa shape index (κ1) is 20.6. The quantitative estimate of drug-likeness (QED) is 0.648. The van der Waals surface area contributed by atoms with E-state index in [4.69, 9.17) is 4.74 Å². The van der Waals surface area contributed by atoms with Crippen LogP contribution in [0.4, 0.5) is 0 Å². The van der Waals surface area contributed by atoms with Crippen LogP contribution in [0.25, 0.3) is 0 Å². The van der Waals surface area contributed by atoms with Gasteiger partial charge in [0.25, 0.3) is 0 Å². The Bertz CT molecular complexity index is 814. The molecule has 0 aromatic carbocycles. The lowest BCUT2D eigenvalue weighted by molar-refractivity contribution is -0.140. The number of fused-ring (bicyclic) bond motifs is 3. The van der Waals surface area contributed by atoms with Crippen LogP contribution in [0.3, 0.4) is 0 Å². The molecule has 0 bridgehead atoms. The summed E-state index contributed by atoms with van der Waals surface area (Å²) in [5, 5.41) is 9.52. The predicted molar refractivity (Wildman–Crippen MR) is 108 cm³/mol. The van der Waals surface area contributed by atoms with Gasteiger partial charge in [-0.15, -0.1) is 0 Å². The molecule has 0 aliphatic heterocycles. The van der Waals surface area contributed by atoms with Gasteiger partial charge in [-0.25, -0.2) is 0 Å². The van der Waals surface area contributed by atoms with E-state index in [2.05, 4.69) is 32.6 Å². The van der Waals surface area contributed by atoms with Gasteiger partial charge in [0, 0.05) is 17.8 Å². The van der Waals surface area contributed by atoms with Crippen molar-refractivity contribution in [3.8, 4) is 6.07 Å². The van der Waals surface area contributed by atoms with Crippen LogP contribution < -0.4 is 0 Å². The second-order valence-electron chi connectivity index (χ2n) is 9.25. The number of esters is 1. The molecule has 1 fully saturated rings. The lowest BCUT2D eigenvalue weighted by Crippen LogP contribution is -2.51. The summed E-state index contributed by atoms with van der Waals surface area (Å²) in [7, 11) is 1.43. The summed E-state index contributed by atoms with van der Waals surface area (Å²) < 4.78 is 4.79. The van der Waals surface area contributed by atoms with Crippen LogP contribution in [-0.4, -0.2) is 18.9 Å². The maximum absolute atomic E-state index is 12.6. The average Bonchev–Trinajstić information content (AvgIpc) is 2.66. The van der Waals surface area contributed by atoms with Crippen molar-refractivity contribution in [1.82, 2.24) is 0 Å². The molecule has 1 saturated carbocycles. The van der Waals surface area contributed by atoms with E-state index in [1.54, 1.807) is 0 Å². The standard InChI is InChI=1S/C24H31NO3/c1-15-11-18(7-6-8-21(26)28-5)23(3)10-9-19-16(2)22(27)17(14-25)13-24(19,4)20(23)12-15/h12-13,16,18-19H,1,6-11H2,2-5H3/t16?,18?,19?,23?,24-/m0/s1. The molecule has 0 saturated heterocycles. The maximum Gasteiger partial charge on any atom is 0.305 e. The molecule has 150 valence electrons. The summed E-state index contributed by atoms with van der Waals surface area (Å²) in [5.74, 6) is 0.321. The number of methoxy groups -OCH3 is 1. The molecule has 4 nitrogen and oxygen atoms in total. The second-order valence-corrected chi connectivity index (χ2v) is 9.25. The lowest BCUT2D eigenvalue weighted by atomic mass is 9.45. The summed E-state index contributed by atoms with van der Waals surface area (Å²) in [5.41, 5.74) is 2.43. The van der Waals surface area contributed by atoms with Crippen LogP contribution >= 0.6 is 0 Å². The molecule has 0 heterocycles. The van der Waals surface area contributed by atoms with Crippen molar-refractivity contribution in [2.75, 3.05) is 7.11 Å². The number of carbonyl (C=O) groups excluding carboxylic acids is 2. The largest absolute Gasteiger partial charge is 0.469 e. The number of rotatable bonds is 4. The molecule has 3 aliphatic rings. The van der Waals surface area contributed by atoms with E-state index in [0.717, 1.165) is 37.7 Å². The molecule has 4 heteroatoms. The molecule has 0 aromatic rings. The number of nitrogens with zero attached hydrogens (tertiary/aromatic N) is 1. The van der Waals surface area contributed by atoms with Crippen molar-refractivity contribution >= 4 is 11.8 Å². The third kappa shape index (κ3) is 3.15. The molecule has 28 heavy (non-hydrogen) atoms. The first-order chi connectivity index (χ1) is 13.2. The zero-order valence-electron chi connectivity index (χ0n) is 17.5. The van der Waals surface area contributed by atoms with E-state index in [0.29, 0.717) is 17.9 Å². The fraction of sp³-hybridized carbons (Fsp3) is 0.625. The van der Waals surface area contributed by atoms with E-state index >= 15 is 0 Å². The van der Waals surface area contributed by atoms with Gasteiger partial charge in [-0.2, -0.15) is 5.26 Å². The molecule has 0 aromatic heterocycles. The number of allylic oxidation sites excluding steroid dienone is 5. The Hall–Kier alpha value is -2.15. The minimum absolute atomic E-state index is 0.000265. The zero-order chi connectivity index (χ0) is 20.7. The smallest absolute Gasteiger partial charge is 0.305 e. The van der Waals surface area contributed by atoms with E-state index < -0.39 is 0 Å². The molecule has 0 radical (unpaired) electrons. The number of Topliss-reactive ketones (excluding diaryl/α,β-unsaturated/α-hetero) is 1. The highest BCUT2D eigenvalue weighted by Crippen LogP contribution is 2.64. The summed E-state index contributed by atoms with van der Waals surface area (Å²) in [6, 6.07) is 2.14. The van der Waals surface area contributed by atoms with Crippen LogP contribution in [0.1, 0.15) is 59.3 Å². The molecule has 3 rings (SSSR count). The monoisotopic (exact) mass is 381 g/mol. The minimum Gasteiger partial charge on any atom is -0.469 e. The molecular formula is C24H31NO3. The number of ketones is 1. The second kappa shape index (κ2) is 7.35. The summed E-state index contributed by atoms with van der Waals surface area (Å²) >= 11 is 0. The van der Waals surface area contributed by atoms with E-state index in [1.165, 1.54) is 12.7 Å². The summed E-state index contributed by atoms with van der Waals surface area (Å²) in [6.45, 7) is 10.8. The number of carbonyl (C=O) groups is 2. The molecular weight excluding hydrogens is 350 g/mol. The Morgan fingerprint density at radius 3 is 2.79 bits per heavy atom. The Morgan fingerprint density at radius 2 is 2.14 bits per heavy atom. The van der Waals surface area contributed by atoms with Gasteiger partial charge in [-0.1, -0.05) is 50.6 Å². The number of ether oxygens (including phenoxy) is 1. The van der Waals surface area contributed by atoms with Gasteiger partial charge in [0.05, 0.1) is 12.7 Å². The van der Waals surface area contributed by atoms with Crippen LogP contribution in [0, 0.1) is 39.9 Å². The van der Waals surface area contributed by atoms with Crippen molar-refractivity contribution < 1.29 is 14.3 Å². The van der Waals surface area contributed by atoms with Crippen molar-refractivity contribution in [1.29, 1.82) is 5.26 Å². The lowest BCUT2D eigenvalue weighted by Gasteiger charge is -2.58. The third-order valence-corrected chi connectivity index (χ3v) is 7.71. The third-order valence-electron chi connectivity index (χ3n) is 7.71. The molecule has 4 unspecified atom stereocenters. The fourth-order valence-electron chi connectivity index (χ4n) is 6.11. The van der Waals surface area contributed by atoms with Gasteiger partial charge < -0.3 is 4.74 Å². The van der Waals surface area contributed by atoms with Crippen molar-refractivity contribution in [3.63, 3.8) is 0 Å². The molecule has 0 spiro atoms. The van der Waals surface area contributed by atoms with Gasteiger partial charge in [0.2, 0.25) is 0 Å². The first-order valence-electron chi connectivity index (χ1n) is 10.3. The molecule has 5 atom stereocenters. The number of hydrogen-bond donors (Lipinski definition) is 0. The first-order valence-corrected chi connectivity index (χ1v) is 10.3. The normalized spacial score (nSPS) is 37.2.